The Kier molecular flexibility index (Phi) is 3.99. The molecule has 0 atom stereocenters. The standard InChI is InChI=1S/C13H17N5OS/c1-7(2)18-12(19)16-17-13(18)20-9-4-5-10(11(14)15)8(3)6-9/h4-7H,1-3H3,(H3,14,15)(H,16,19). The molecule has 2 rings (SSSR count). The summed E-state index contributed by atoms with van der Waals surface area (Å²) in [6, 6.07) is 5.66. The number of amidine groups is 1. The lowest BCUT2D eigenvalue weighted by atomic mass is 10.1. The molecule has 20 heavy (non-hydrogen) atoms. The largest absolute Gasteiger partial charge is 0.384 e. The highest BCUT2D eigenvalue weighted by Crippen LogP contribution is 2.28. The second-order valence-electron chi connectivity index (χ2n) is 4.77. The van der Waals surface area contributed by atoms with Crippen LogP contribution in [0.1, 0.15) is 31.0 Å². The monoisotopic (exact) mass is 291 g/mol. The van der Waals surface area contributed by atoms with Crippen molar-refractivity contribution in [1.29, 1.82) is 5.41 Å². The van der Waals surface area contributed by atoms with Gasteiger partial charge >= 0.3 is 5.69 Å². The van der Waals surface area contributed by atoms with Crippen LogP contribution in [-0.4, -0.2) is 20.6 Å². The molecule has 0 spiro atoms. The number of rotatable bonds is 4. The third-order valence-corrected chi connectivity index (χ3v) is 3.85. The van der Waals surface area contributed by atoms with Crippen LogP contribution in [0, 0.1) is 12.3 Å². The van der Waals surface area contributed by atoms with E-state index in [9.17, 15) is 4.79 Å². The van der Waals surface area contributed by atoms with E-state index in [2.05, 4.69) is 10.2 Å². The maximum Gasteiger partial charge on any atom is 0.344 e. The summed E-state index contributed by atoms with van der Waals surface area (Å²) in [5.74, 6) is 0.0536. The van der Waals surface area contributed by atoms with Crippen LogP contribution in [-0.2, 0) is 0 Å². The first-order chi connectivity index (χ1) is 9.40. The first-order valence-electron chi connectivity index (χ1n) is 6.20. The van der Waals surface area contributed by atoms with Gasteiger partial charge in [0.15, 0.2) is 5.16 Å². The van der Waals surface area contributed by atoms with Crippen molar-refractivity contribution in [2.75, 3.05) is 0 Å². The van der Waals surface area contributed by atoms with Crippen LogP contribution in [0.2, 0.25) is 0 Å². The Balaban J connectivity index is 2.34. The molecule has 7 heteroatoms. The van der Waals surface area contributed by atoms with Crippen molar-refractivity contribution in [1.82, 2.24) is 14.8 Å². The van der Waals surface area contributed by atoms with E-state index in [1.165, 1.54) is 11.8 Å². The van der Waals surface area contributed by atoms with E-state index in [-0.39, 0.29) is 17.6 Å². The van der Waals surface area contributed by atoms with E-state index < -0.39 is 0 Å². The van der Waals surface area contributed by atoms with Crippen molar-refractivity contribution < 1.29 is 0 Å². The second kappa shape index (κ2) is 5.54. The molecule has 0 amide bonds. The summed E-state index contributed by atoms with van der Waals surface area (Å²) >= 11 is 1.41. The molecule has 0 fully saturated rings. The highest BCUT2D eigenvalue weighted by molar-refractivity contribution is 7.99. The van der Waals surface area contributed by atoms with Gasteiger partial charge < -0.3 is 5.73 Å². The van der Waals surface area contributed by atoms with Crippen molar-refractivity contribution in [3.05, 3.63) is 39.8 Å². The van der Waals surface area contributed by atoms with Gasteiger partial charge in [0.1, 0.15) is 5.84 Å². The van der Waals surface area contributed by atoms with E-state index in [4.69, 9.17) is 11.1 Å². The number of nitrogen functional groups attached to an aromatic ring is 1. The van der Waals surface area contributed by atoms with Crippen molar-refractivity contribution in [2.24, 2.45) is 5.73 Å². The number of benzene rings is 1. The normalized spacial score (nSPS) is 11.0. The lowest BCUT2D eigenvalue weighted by Crippen LogP contribution is -2.19. The maximum atomic E-state index is 11.7. The van der Waals surface area contributed by atoms with Gasteiger partial charge in [0.05, 0.1) is 0 Å². The molecule has 0 bridgehead atoms. The summed E-state index contributed by atoms with van der Waals surface area (Å²) in [6.07, 6.45) is 0. The fourth-order valence-corrected chi connectivity index (χ4v) is 2.99. The molecule has 2 aromatic rings. The molecule has 0 saturated heterocycles. The first-order valence-corrected chi connectivity index (χ1v) is 7.01. The highest BCUT2D eigenvalue weighted by Gasteiger charge is 2.13. The van der Waals surface area contributed by atoms with Gasteiger partial charge in [-0.05, 0) is 56.3 Å². The minimum Gasteiger partial charge on any atom is -0.384 e. The number of aromatic amines is 1. The lowest BCUT2D eigenvalue weighted by Gasteiger charge is -2.10. The fraction of sp³-hybridized carbons (Fsp3) is 0.308. The van der Waals surface area contributed by atoms with Crippen molar-refractivity contribution in [3.8, 4) is 0 Å². The molecule has 1 aromatic carbocycles. The van der Waals surface area contributed by atoms with E-state index >= 15 is 0 Å². The molecule has 6 nitrogen and oxygen atoms in total. The molecule has 1 heterocycles. The number of aryl methyl sites for hydroxylation is 1. The number of H-pyrrole nitrogens is 1. The number of aromatic nitrogens is 3. The predicted octanol–water partition coefficient (Wildman–Crippen LogP) is 1.90. The van der Waals surface area contributed by atoms with Crippen molar-refractivity contribution in [2.45, 2.75) is 36.9 Å². The molecule has 4 N–H and O–H groups in total. The van der Waals surface area contributed by atoms with Crippen LogP contribution in [0.25, 0.3) is 0 Å². The number of nitrogens with two attached hydrogens (primary N) is 1. The highest BCUT2D eigenvalue weighted by atomic mass is 32.2. The Bertz CT molecular complexity index is 701. The first kappa shape index (κ1) is 14.4. The number of hydrogen-bond acceptors (Lipinski definition) is 4. The maximum absolute atomic E-state index is 11.7. The predicted molar refractivity (Wildman–Crippen MR) is 79.6 cm³/mol. The number of hydrogen-bond donors (Lipinski definition) is 3. The zero-order chi connectivity index (χ0) is 14.9. The van der Waals surface area contributed by atoms with Gasteiger partial charge in [-0.3, -0.25) is 9.98 Å². The Morgan fingerprint density at radius 2 is 2.20 bits per heavy atom. The molecule has 106 valence electrons. The van der Waals surface area contributed by atoms with Crippen LogP contribution in [0.5, 0.6) is 0 Å². The van der Waals surface area contributed by atoms with Gasteiger partial charge in [0.25, 0.3) is 0 Å². The summed E-state index contributed by atoms with van der Waals surface area (Å²) in [5, 5.41) is 14.6. The molecule has 0 saturated carbocycles. The van der Waals surface area contributed by atoms with Crippen molar-refractivity contribution >= 4 is 17.6 Å². The molecular weight excluding hydrogens is 274 g/mol. The van der Waals surface area contributed by atoms with E-state index in [1.807, 2.05) is 39.0 Å². The van der Waals surface area contributed by atoms with Gasteiger partial charge in [-0.2, -0.15) is 0 Å². The van der Waals surface area contributed by atoms with E-state index in [0.717, 1.165) is 16.0 Å². The number of nitrogens with one attached hydrogen (secondary N) is 2. The third kappa shape index (κ3) is 2.77. The van der Waals surface area contributed by atoms with Gasteiger partial charge in [0.2, 0.25) is 0 Å². The summed E-state index contributed by atoms with van der Waals surface area (Å²) in [5.41, 5.74) is 6.94. The minimum absolute atomic E-state index is 0.0429. The molecule has 0 aliphatic heterocycles. The molecular formula is C13H17N5OS. The topological polar surface area (TPSA) is 101 Å². The molecule has 0 aliphatic carbocycles. The quantitative estimate of drug-likeness (QED) is 0.591. The fourth-order valence-electron chi connectivity index (χ4n) is 1.92. The third-order valence-electron chi connectivity index (χ3n) is 2.89. The van der Waals surface area contributed by atoms with Crippen LogP contribution in [0.15, 0.2) is 33.0 Å². The molecule has 1 aromatic heterocycles. The smallest absolute Gasteiger partial charge is 0.344 e. The summed E-state index contributed by atoms with van der Waals surface area (Å²) in [4.78, 5) is 12.6. The average Bonchev–Trinajstić information content (AvgIpc) is 2.70. The van der Waals surface area contributed by atoms with Crippen molar-refractivity contribution in [3.63, 3.8) is 0 Å². The Morgan fingerprint density at radius 3 is 2.75 bits per heavy atom. The molecule has 0 unspecified atom stereocenters. The molecule has 0 aliphatic rings. The van der Waals surface area contributed by atoms with E-state index in [1.54, 1.807) is 4.57 Å². The van der Waals surface area contributed by atoms with Gasteiger partial charge in [0, 0.05) is 16.5 Å². The lowest BCUT2D eigenvalue weighted by molar-refractivity contribution is 0.534. The Labute approximate surface area is 120 Å². The van der Waals surface area contributed by atoms with Crippen LogP contribution in [0.4, 0.5) is 0 Å². The second-order valence-corrected chi connectivity index (χ2v) is 5.81. The van der Waals surface area contributed by atoms with Crippen LogP contribution >= 0.6 is 11.8 Å². The Hall–Kier alpha value is -2.02. The van der Waals surface area contributed by atoms with Crippen LogP contribution in [0.3, 0.4) is 0 Å². The van der Waals surface area contributed by atoms with Gasteiger partial charge in [-0.25, -0.2) is 9.89 Å². The summed E-state index contributed by atoms with van der Waals surface area (Å²) in [7, 11) is 0. The number of nitrogens with zero attached hydrogens (tertiary/aromatic N) is 2. The Morgan fingerprint density at radius 1 is 1.50 bits per heavy atom. The summed E-state index contributed by atoms with van der Waals surface area (Å²) < 4.78 is 1.61. The van der Waals surface area contributed by atoms with Gasteiger partial charge in [-0.1, -0.05) is 0 Å². The average molecular weight is 291 g/mol. The SMILES string of the molecule is Cc1cc(Sc2n[nH]c(=O)n2C(C)C)ccc1C(=N)N. The minimum atomic E-state index is -0.209. The zero-order valence-corrected chi connectivity index (χ0v) is 12.4. The molecule has 0 radical (unpaired) electrons. The van der Waals surface area contributed by atoms with Gasteiger partial charge in [-0.15, -0.1) is 5.10 Å². The zero-order valence-electron chi connectivity index (χ0n) is 11.6. The summed E-state index contributed by atoms with van der Waals surface area (Å²) in [6.45, 7) is 5.77. The van der Waals surface area contributed by atoms with E-state index in [0.29, 0.717) is 5.16 Å². The van der Waals surface area contributed by atoms with Crippen LogP contribution < -0.4 is 11.4 Å².